The van der Waals surface area contributed by atoms with Crippen molar-refractivity contribution in [3.8, 4) is 11.5 Å². The van der Waals surface area contributed by atoms with E-state index in [1.807, 2.05) is 0 Å². The Kier molecular flexibility index (Phi) is 10.9. The molecule has 3 heterocycles. The van der Waals surface area contributed by atoms with E-state index in [0.29, 0.717) is 0 Å². The number of hydrogen-bond donors (Lipinski definition) is 3. The minimum atomic E-state index is -1.40. The van der Waals surface area contributed by atoms with E-state index in [1.165, 1.54) is 20.8 Å². The first-order valence-corrected chi connectivity index (χ1v) is 15.2. The van der Waals surface area contributed by atoms with Gasteiger partial charge in [0.25, 0.3) is 11.8 Å². The standard InChI is InChI=1S/C29H29N3O15S/c1-5-42-28(40)46-17-7-15-16(8-18(17)47-29(41)43-6-2)45-12(3)20(23(15)35)24(36)30-9-19(34)31-21-25(37)32-22(27(38)39)14(10-44-13(4)33)11-48-26(21)32/h7-8,21,26H,5-6,9-11H2,1-4H3,(H,30,36)(H,31,34)(H,38,39)/t21-,26+/m1/s1. The number of nitrogens with one attached hydrogen (secondary N) is 2. The van der Waals surface area contributed by atoms with Gasteiger partial charge in [-0.2, -0.15) is 0 Å². The number of rotatable bonds is 11. The summed E-state index contributed by atoms with van der Waals surface area (Å²) in [5.74, 6) is -5.41. The van der Waals surface area contributed by atoms with Crippen LogP contribution in [-0.2, 0) is 33.4 Å². The second kappa shape index (κ2) is 14.9. The lowest BCUT2D eigenvalue weighted by Crippen LogP contribution is -2.71. The zero-order valence-electron chi connectivity index (χ0n) is 25.9. The summed E-state index contributed by atoms with van der Waals surface area (Å²) in [5, 5.41) is 13.4. The second-order valence-corrected chi connectivity index (χ2v) is 11.0. The quantitative estimate of drug-likeness (QED) is 0.130. The van der Waals surface area contributed by atoms with Gasteiger partial charge in [0.15, 0.2) is 11.5 Å². The average Bonchev–Trinajstić information content (AvgIpc) is 3.01. The number of aliphatic carboxylic acids is 1. The number of esters is 1. The van der Waals surface area contributed by atoms with Gasteiger partial charge in [0.1, 0.15) is 40.6 Å². The molecule has 1 fully saturated rings. The number of nitrogens with zero attached hydrogens (tertiary/aromatic N) is 1. The van der Waals surface area contributed by atoms with Crippen LogP contribution < -0.4 is 25.5 Å². The SMILES string of the molecule is CCOC(=O)Oc1cc2oc(C)c(C(=O)NCC(=O)N[C@@H]3C(=O)N4C(C(=O)O)=C(COC(C)=O)CS[C@@H]34)c(=O)c2cc1OC(=O)OCC. The molecular formula is C29H29N3O15S. The third kappa shape index (κ3) is 7.51. The summed E-state index contributed by atoms with van der Waals surface area (Å²) in [6, 6.07) is 0.972. The number of amides is 3. The molecule has 2 aliphatic rings. The molecule has 48 heavy (non-hydrogen) atoms. The third-order valence-corrected chi connectivity index (χ3v) is 8.04. The number of carbonyl (C=O) groups excluding carboxylic acids is 6. The van der Waals surface area contributed by atoms with Gasteiger partial charge in [0, 0.05) is 24.3 Å². The van der Waals surface area contributed by atoms with E-state index in [2.05, 4.69) is 10.6 Å². The van der Waals surface area contributed by atoms with Crippen LogP contribution in [0.1, 0.15) is 36.9 Å². The number of carbonyl (C=O) groups is 7. The summed E-state index contributed by atoms with van der Waals surface area (Å²) in [5.41, 5.74) is -1.65. The molecule has 3 amide bonds. The van der Waals surface area contributed by atoms with Gasteiger partial charge in [-0.1, -0.05) is 0 Å². The number of β-lactam (4-membered cyclic amide) rings is 1. The van der Waals surface area contributed by atoms with Crippen molar-refractivity contribution in [2.24, 2.45) is 0 Å². The highest BCUT2D eigenvalue weighted by Gasteiger charge is 2.54. The Hall–Kier alpha value is -5.59. The fourth-order valence-corrected chi connectivity index (χ4v) is 5.99. The first-order valence-electron chi connectivity index (χ1n) is 14.2. The molecule has 19 heteroatoms. The Labute approximate surface area is 274 Å². The fourth-order valence-electron chi connectivity index (χ4n) is 4.67. The van der Waals surface area contributed by atoms with Crippen LogP contribution in [0.25, 0.3) is 11.0 Å². The molecule has 0 radical (unpaired) electrons. The van der Waals surface area contributed by atoms with Crippen molar-refractivity contribution < 1.29 is 66.8 Å². The highest BCUT2D eigenvalue weighted by atomic mass is 32.2. The number of benzene rings is 1. The number of hydrogen-bond acceptors (Lipinski definition) is 15. The fraction of sp³-hybridized carbons (Fsp3) is 0.379. The molecule has 0 spiro atoms. The summed E-state index contributed by atoms with van der Waals surface area (Å²) in [6.07, 6.45) is -2.32. The summed E-state index contributed by atoms with van der Waals surface area (Å²) < 4.78 is 30.1. The molecule has 0 saturated carbocycles. The van der Waals surface area contributed by atoms with Crippen LogP contribution in [0.4, 0.5) is 9.59 Å². The van der Waals surface area contributed by atoms with Crippen LogP contribution in [-0.4, -0.2) is 95.5 Å². The van der Waals surface area contributed by atoms with E-state index >= 15 is 0 Å². The summed E-state index contributed by atoms with van der Waals surface area (Å²) >= 11 is 1.15. The van der Waals surface area contributed by atoms with Gasteiger partial charge in [0.2, 0.25) is 11.3 Å². The van der Waals surface area contributed by atoms with Crippen molar-refractivity contribution in [1.29, 1.82) is 0 Å². The van der Waals surface area contributed by atoms with E-state index in [1.54, 1.807) is 0 Å². The molecular weight excluding hydrogens is 662 g/mol. The van der Waals surface area contributed by atoms with Gasteiger partial charge in [-0.05, 0) is 26.8 Å². The minimum absolute atomic E-state index is 0.0248. The maximum absolute atomic E-state index is 13.4. The Morgan fingerprint density at radius 1 is 1.00 bits per heavy atom. The molecule has 256 valence electrons. The summed E-state index contributed by atoms with van der Waals surface area (Å²) in [4.78, 5) is 100.0. The van der Waals surface area contributed by atoms with E-state index in [0.717, 1.165) is 35.7 Å². The summed E-state index contributed by atoms with van der Waals surface area (Å²) in [7, 11) is 0. The molecule has 2 atom stereocenters. The van der Waals surface area contributed by atoms with Crippen molar-refractivity contribution in [1.82, 2.24) is 15.5 Å². The van der Waals surface area contributed by atoms with Gasteiger partial charge < -0.3 is 43.8 Å². The van der Waals surface area contributed by atoms with Crippen molar-refractivity contribution >= 4 is 64.7 Å². The first-order chi connectivity index (χ1) is 22.8. The molecule has 0 aliphatic carbocycles. The topological polar surface area (TPSA) is 243 Å². The maximum atomic E-state index is 13.4. The number of fused-ring (bicyclic) bond motifs is 2. The Balaban J connectivity index is 1.49. The van der Waals surface area contributed by atoms with Crippen molar-refractivity contribution in [3.63, 3.8) is 0 Å². The summed E-state index contributed by atoms with van der Waals surface area (Å²) in [6.45, 7) is 4.45. The molecule has 1 aromatic heterocycles. The Morgan fingerprint density at radius 3 is 2.21 bits per heavy atom. The van der Waals surface area contributed by atoms with E-state index in [9.17, 15) is 43.5 Å². The van der Waals surface area contributed by atoms with E-state index in [-0.39, 0.29) is 59.3 Å². The van der Waals surface area contributed by atoms with Crippen molar-refractivity contribution in [3.05, 3.63) is 44.9 Å². The van der Waals surface area contributed by atoms with Crippen LogP contribution >= 0.6 is 11.8 Å². The first kappa shape index (κ1) is 35.3. The predicted molar refractivity (Wildman–Crippen MR) is 161 cm³/mol. The van der Waals surface area contributed by atoms with Crippen LogP contribution in [0.15, 0.2) is 32.6 Å². The van der Waals surface area contributed by atoms with Crippen LogP contribution in [0.3, 0.4) is 0 Å². The van der Waals surface area contributed by atoms with E-state index < -0.39 is 76.7 Å². The Morgan fingerprint density at radius 2 is 1.62 bits per heavy atom. The van der Waals surface area contributed by atoms with Crippen molar-refractivity contribution in [2.75, 3.05) is 32.1 Å². The zero-order chi connectivity index (χ0) is 35.3. The number of carboxylic acids is 1. The van der Waals surface area contributed by atoms with Crippen LogP contribution in [0.2, 0.25) is 0 Å². The number of thioether (sulfide) groups is 1. The predicted octanol–water partition coefficient (Wildman–Crippen LogP) is 1.20. The number of aryl methyl sites for hydroxylation is 1. The molecule has 3 N–H and O–H groups in total. The van der Waals surface area contributed by atoms with Gasteiger partial charge in [-0.3, -0.25) is 28.9 Å². The molecule has 1 aromatic carbocycles. The van der Waals surface area contributed by atoms with Crippen LogP contribution in [0, 0.1) is 6.92 Å². The highest BCUT2D eigenvalue weighted by molar-refractivity contribution is 8.00. The highest BCUT2D eigenvalue weighted by Crippen LogP contribution is 2.40. The lowest BCUT2D eigenvalue weighted by molar-refractivity contribution is -0.150. The second-order valence-electron chi connectivity index (χ2n) is 9.90. The van der Waals surface area contributed by atoms with Crippen LogP contribution in [0.5, 0.6) is 11.5 Å². The largest absolute Gasteiger partial charge is 0.513 e. The zero-order valence-corrected chi connectivity index (χ0v) is 26.7. The van der Waals surface area contributed by atoms with Gasteiger partial charge in [0.05, 0.1) is 25.1 Å². The monoisotopic (exact) mass is 691 g/mol. The van der Waals surface area contributed by atoms with Gasteiger partial charge >= 0.3 is 24.2 Å². The van der Waals surface area contributed by atoms with Crippen molar-refractivity contribution in [2.45, 2.75) is 39.1 Å². The number of carboxylic acid groups (broad SMARTS) is 1. The normalized spacial score (nSPS) is 16.7. The molecule has 0 unspecified atom stereocenters. The van der Waals surface area contributed by atoms with Gasteiger partial charge in [-0.15, -0.1) is 11.8 Å². The smallest absolute Gasteiger partial charge is 0.477 e. The minimum Gasteiger partial charge on any atom is -0.477 e. The molecule has 1 saturated heterocycles. The lowest BCUT2D eigenvalue weighted by Gasteiger charge is -2.49. The molecule has 4 rings (SSSR count). The molecule has 2 aromatic rings. The lowest BCUT2D eigenvalue weighted by atomic mass is 10.0. The van der Waals surface area contributed by atoms with E-state index in [4.69, 9.17) is 28.1 Å². The molecule has 2 aliphatic heterocycles. The third-order valence-electron chi connectivity index (χ3n) is 6.70. The molecule has 0 bridgehead atoms. The number of ether oxygens (including phenoxy) is 5. The van der Waals surface area contributed by atoms with Gasteiger partial charge in [-0.25, -0.2) is 14.4 Å². The Bertz CT molecular complexity index is 1800. The average molecular weight is 692 g/mol. The maximum Gasteiger partial charge on any atom is 0.513 e. The molecule has 18 nitrogen and oxygen atoms in total.